The van der Waals surface area contributed by atoms with Crippen LogP contribution in [-0.2, 0) is 0 Å². The topological polar surface area (TPSA) is 55.1 Å². The van der Waals surface area contributed by atoms with Crippen molar-refractivity contribution in [2.75, 3.05) is 13.1 Å². The summed E-state index contributed by atoms with van der Waals surface area (Å²) in [6, 6.07) is 4.54. The molecule has 1 fully saturated rings. The van der Waals surface area contributed by atoms with Gasteiger partial charge in [-0.3, -0.25) is 4.98 Å². The molecule has 0 atom stereocenters. The molecule has 1 aliphatic rings. The van der Waals surface area contributed by atoms with E-state index in [-0.39, 0.29) is 0 Å². The third-order valence-electron chi connectivity index (χ3n) is 4.18. The molecule has 0 saturated carbocycles. The number of aryl methyl sites for hydroxylation is 1. The summed E-state index contributed by atoms with van der Waals surface area (Å²) in [6.45, 7) is 8.70. The Balaban J connectivity index is 1.70. The van der Waals surface area contributed by atoms with Gasteiger partial charge < -0.3 is 9.32 Å². The van der Waals surface area contributed by atoms with Crippen LogP contribution in [0.4, 0.5) is 0 Å². The van der Waals surface area contributed by atoms with Crippen LogP contribution in [0.15, 0.2) is 22.7 Å². The van der Waals surface area contributed by atoms with Gasteiger partial charge in [-0.1, -0.05) is 6.07 Å². The Kier molecular flexibility index (Phi) is 4.01. The van der Waals surface area contributed by atoms with Crippen molar-refractivity contribution in [3.05, 3.63) is 29.8 Å². The highest BCUT2D eigenvalue weighted by molar-refractivity contribution is 5.45. The summed E-state index contributed by atoms with van der Waals surface area (Å²) in [5, 5.41) is 8.39. The molecule has 3 rings (SSSR count). The molecule has 0 bridgehead atoms. The van der Waals surface area contributed by atoms with E-state index in [0.29, 0.717) is 17.9 Å². The number of aromatic nitrogens is 3. The number of nitrogens with zero attached hydrogens (tertiary/aromatic N) is 4. The second-order valence-electron chi connectivity index (χ2n) is 6.07. The van der Waals surface area contributed by atoms with Crippen molar-refractivity contribution in [2.24, 2.45) is 0 Å². The SMILES string of the molecule is Cc1ccc(-c2nnc(C3CCN(C(C)C)CC3)o2)nc1. The van der Waals surface area contributed by atoms with Gasteiger partial charge in [-0.15, -0.1) is 10.2 Å². The van der Waals surface area contributed by atoms with Crippen LogP contribution >= 0.6 is 0 Å². The van der Waals surface area contributed by atoms with Gasteiger partial charge >= 0.3 is 0 Å². The molecule has 3 heterocycles. The first kappa shape index (κ1) is 14.2. The lowest BCUT2D eigenvalue weighted by atomic mass is 9.96. The average molecular weight is 286 g/mol. The van der Waals surface area contributed by atoms with Gasteiger partial charge in [0.1, 0.15) is 5.69 Å². The zero-order chi connectivity index (χ0) is 14.8. The number of hydrogen-bond acceptors (Lipinski definition) is 5. The fourth-order valence-corrected chi connectivity index (χ4v) is 2.76. The van der Waals surface area contributed by atoms with Crippen molar-refractivity contribution < 1.29 is 4.42 Å². The van der Waals surface area contributed by atoms with E-state index in [1.165, 1.54) is 0 Å². The predicted molar refractivity (Wildman–Crippen MR) is 81.0 cm³/mol. The molecule has 2 aromatic rings. The highest BCUT2D eigenvalue weighted by Gasteiger charge is 2.26. The summed E-state index contributed by atoms with van der Waals surface area (Å²) in [6.07, 6.45) is 3.99. The molecule has 5 nitrogen and oxygen atoms in total. The van der Waals surface area contributed by atoms with E-state index in [1.807, 2.05) is 25.3 Å². The number of hydrogen-bond donors (Lipinski definition) is 0. The standard InChI is InChI=1S/C16H22N4O/c1-11(2)20-8-6-13(7-9-20)15-18-19-16(21-15)14-5-4-12(3)10-17-14/h4-5,10-11,13H,6-9H2,1-3H3. The van der Waals surface area contributed by atoms with E-state index in [9.17, 15) is 0 Å². The normalized spacial score (nSPS) is 17.5. The summed E-state index contributed by atoms with van der Waals surface area (Å²) >= 11 is 0. The molecule has 2 aromatic heterocycles. The Labute approximate surface area is 125 Å². The smallest absolute Gasteiger partial charge is 0.266 e. The molecule has 0 amide bonds. The van der Waals surface area contributed by atoms with Gasteiger partial charge in [0, 0.05) is 18.2 Å². The van der Waals surface area contributed by atoms with Gasteiger partial charge in [-0.2, -0.15) is 0 Å². The van der Waals surface area contributed by atoms with E-state index in [4.69, 9.17) is 4.42 Å². The third kappa shape index (κ3) is 3.13. The maximum atomic E-state index is 5.84. The van der Waals surface area contributed by atoms with E-state index in [2.05, 4.69) is 33.9 Å². The minimum absolute atomic E-state index is 0.381. The summed E-state index contributed by atoms with van der Waals surface area (Å²) in [5.41, 5.74) is 1.87. The van der Waals surface area contributed by atoms with Crippen LogP contribution < -0.4 is 0 Å². The quantitative estimate of drug-likeness (QED) is 0.868. The van der Waals surface area contributed by atoms with Crippen LogP contribution in [0.25, 0.3) is 11.6 Å². The Bertz CT molecular complexity index is 583. The van der Waals surface area contributed by atoms with Crippen LogP contribution in [0.5, 0.6) is 0 Å². The van der Waals surface area contributed by atoms with Crippen molar-refractivity contribution in [2.45, 2.75) is 45.6 Å². The molecule has 0 spiro atoms. The number of pyridine rings is 1. The fourth-order valence-electron chi connectivity index (χ4n) is 2.76. The van der Waals surface area contributed by atoms with Gasteiger partial charge in [0.05, 0.1) is 0 Å². The van der Waals surface area contributed by atoms with Gasteiger partial charge in [0.25, 0.3) is 5.89 Å². The van der Waals surface area contributed by atoms with E-state index < -0.39 is 0 Å². The Morgan fingerprint density at radius 2 is 1.95 bits per heavy atom. The third-order valence-corrected chi connectivity index (χ3v) is 4.18. The van der Waals surface area contributed by atoms with Crippen LogP contribution in [0.3, 0.4) is 0 Å². The summed E-state index contributed by atoms with van der Waals surface area (Å²) in [4.78, 5) is 6.83. The Hall–Kier alpha value is -1.75. The zero-order valence-corrected chi connectivity index (χ0v) is 12.9. The van der Waals surface area contributed by atoms with Crippen molar-refractivity contribution in [3.8, 4) is 11.6 Å². The average Bonchev–Trinajstić information content (AvgIpc) is 2.98. The van der Waals surface area contributed by atoms with Crippen molar-refractivity contribution in [3.63, 3.8) is 0 Å². The lowest BCUT2D eigenvalue weighted by Crippen LogP contribution is -2.37. The molecule has 1 saturated heterocycles. The number of piperidine rings is 1. The number of likely N-dealkylation sites (tertiary alicyclic amines) is 1. The minimum atomic E-state index is 0.381. The largest absolute Gasteiger partial charge is 0.419 e. The lowest BCUT2D eigenvalue weighted by Gasteiger charge is -2.33. The molecule has 0 radical (unpaired) electrons. The zero-order valence-electron chi connectivity index (χ0n) is 12.9. The molecular weight excluding hydrogens is 264 g/mol. The monoisotopic (exact) mass is 286 g/mol. The predicted octanol–water partition coefficient (Wildman–Crippen LogP) is 3.03. The Morgan fingerprint density at radius 3 is 2.57 bits per heavy atom. The molecule has 0 aliphatic carbocycles. The van der Waals surface area contributed by atoms with Crippen LogP contribution in [0.1, 0.15) is 44.1 Å². The van der Waals surface area contributed by atoms with Crippen molar-refractivity contribution in [1.82, 2.24) is 20.1 Å². The highest BCUT2D eigenvalue weighted by atomic mass is 16.4. The van der Waals surface area contributed by atoms with Gasteiger partial charge in [-0.05, 0) is 58.3 Å². The van der Waals surface area contributed by atoms with Crippen molar-refractivity contribution in [1.29, 1.82) is 0 Å². The van der Waals surface area contributed by atoms with Gasteiger partial charge in [0.15, 0.2) is 0 Å². The molecule has 21 heavy (non-hydrogen) atoms. The molecule has 1 aliphatic heterocycles. The van der Waals surface area contributed by atoms with Gasteiger partial charge in [-0.25, -0.2) is 0 Å². The highest BCUT2D eigenvalue weighted by Crippen LogP contribution is 2.29. The first-order valence-electron chi connectivity index (χ1n) is 7.64. The van der Waals surface area contributed by atoms with Crippen LogP contribution in [0, 0.1) is 6.92 Å². The second kappa shape index (κ2) is 5.93. The molecule has 0 aromatic carbocycles. The molecule has 0 N–H and O–H groups in total. The van der Waals surface area contributed by atoms with E-state index in [1.54, 1.807) is 0 Å². The van der Waals surface area contributed by atoms with Crippen molar-refractivity contribution >= 4 is 0 Å². The molecule has 112 valence electrons. The van der Waals surface area contributed by atoms with Crippen LogP contribution in [0.2, 0.25) is 0 Å². The molecule has 0 unspecified atom stereocenters. The van der Waals surface area contributed by atoms with Crippen LogP contribution in [-0.4, -0.2) is 39.2 Å². The second-order valence-corrected chi connectivity index (χ2v) is 6.07. The number of rotatable bonds is 3. The maximum absolute atomic E-state index is 5.84. The lowest BCUT2D eigenvalue weighted by molar-refractivity contribution is 0.163. The van der Waals surface area contributed by atoms with Gasteiger partial charge in [0.2, 0.25) is 5.89 Å². The summed E-state index contributed by atoms with van der Waals surface area (Å²) in [5.74, 6) is 1.67. The van der Waals surface area contributed by atoms with E-state index in [0.717, 1.165) is 43.1 Å². The maximum Gasteiger partial charge on any atom is 0.266 e. The molecular formula is C16H22N4O. The summed E-state index contributed by atoms with van der Waals surface area (Å²) < 4.78 is 5.84. The van der Waals surface area contributed by atoms with E-state index >= 15 is 0 Å². The minimum Gasteiger partial charge on any atom is -0.419 e. The summed E-state index contributed by atoms with van der Waals surface area (Å²) in [7, 11) is 0. The fraction of sp³-hybridized carbons (Fsp3) is 0.562. The molecule has 5 heteroatoms. The first-order chi connectivity index (χ1) is 10.1. The Morgan fingerprint density at radius 1 is 1.19 bits per heavy atom. The first-order valence-corrected chi connectivity index (χ1v) is 7.64.